The van der Waals surface area contributed by atoms with Crippen LogP contribution in [0.2, 0.25) is 5.02 Å². The molecule has 1 aromatic carbocycles. The van der Waals surface area contributed by atoms with Gasteiger partial charge in [0.05, 0.1) is 24.1 Å². The largest absolute Gasteiger partial charge is 0.379 e. The second kappa shape index (κ2) is 9.12. The van der Waals surface area contributed by atoms with Gasteiger partial charge >= 0.3 is 0 Å². The Morgan fingerprint density at radius 3 is 3.12 bits per heavy atom. The first kappa shape index (κ1) is 18.8. The van der Waals surface area contributed by atoms with Gasteiger partial charge in [0.2, 0.25) is 0 Å². The van der Waals surface area contributed by atoms with E-state index in [-0.39, 0.29) is 12.0 Å². The second-order valence-electron chi connectivity index (χ2n) is 6.22. The first-order valence-corrected chi connectivity index (χ1v) is 9.19. The van der Waals surface area contributed by atoms with Crippen LogP contribution in [0.15, 0.2) is 24.3 Å². The zero-order valence-electron chi connectivity index (χ0n) is 14.8. The van der Waals surface area contributed by atoms with Crippen molar-refractivity contribution in [3.8, 4) is 5.69 Å². The van der Waals surface area contributed by atoms with E-state index in [0.29, 0.717) is 41.9 Å². The lowest BCUT2D eigenvalue weighted by atomic mass is 10.2. The maximum Gasteiger partial charge on any atom is 0.273 e. The normalized spacial score (nSPS) is 16.8. The van der Waals surface area contributed by atoms with E-state index in [1.807, 2.05) is 12.1 Å². The molecule has 3 rings (SSSR count). The molecule has 8 heteroatoms. The molecule has 1 unspecified atom stereocenters. The van der Waals surface area contributed by atoms with Crippen molar-refractivity contribution in [2.24, 2.45) is 0 Å². The van der Waals surface area contributed by atoms with E-state index in [2.05, 4.69) is 15.5 Å². The molecule has 140 valence electrons. The Hall–Kier alpha value is -1.96. The van der Waals surface area contributed by atoms with Gasteiger partial charge < -0.3 is 14.8 Å². The summed E-state index contributed by atoms with van der Waals surface area (Å²) in [6.07, 6.45) is 3.14. The molecule has 0 radical (unpaired) electrons. The number of ether oxygens (including phenoxy) is 2. The van der Waals surface area contributed by atoms with Gasteiger partial charge in [0.25, 0.3) is 5.91 Å². The van der Waals surface area contributed by atoms with Crippen LogP contribution in [-0.2, 0) is 9.47 Å². The number of carbonyl (C=O) groups excluding carboxylic acids is 1. The highest BCUT2D eigenvalue weighted by Gasteiger charge is 2.17. The van der Waals surface area contributed by atoms with Crippen molar-refractivity contribution in [2.75, 3.05) is 26.4 Å². The molecule has 1 aliphatic heterocycles. The molecule has 1 atom stereocenters. The molecule has 2 heterocycles. The van der Waals surface area contributed by atoms with Gasteiger partial charge in [0.1, 0.15) is 0 Å². The van der Waals surface area contributed by atoms with Crippen molar-refractivity contribution in [1.29, 1.82) is 0 Å². The quantitative estimate of drug-likeness (QED) is 0.714. The number of carbonyl (C=O) groups is 1. The fraction of sp³-hybridized carbons (Fsp3) is 0.500. The molecule has 1 aromatic heterocycles. The van der Waals surface area contributed by atoms with Crippen LogP contribution in [0.4, 0.5) is 0 Å². The topological polar surface area (TPSA) is 78.3 Å². The first-order chi connectivity index (χ1) is 12.6. The minimum absolute atomic E-state index is 0.230. The van der Waals surface area contributed by atoms with Crippen molar-refractivity contribution >= 4 is 17.5 Å². The Balaban J connectivity index is 1.44. The number of hydrogen-bond acceptors (Lipinski definition) is 5. The highest BCUT2D eigenvalue weighted by Crippen LogP contribution is 2.14. The van der Waals surface area contributed by atoms with Gasteiger partial charge in [-0.1, -0.05) is 17.7 Å². The van der Waals surface area contributed by atoms with Crippen LogP contribution < -0.4 is 5.32 Å². The molecule has 2 aromatic rings. The predicted molar refractivity (Wildman–Crippen MR) is 97.8 cm³/mol. The minimum atomic E-state index is -0.241. The zero-order valence-corrected chi connectivity index (χ0v) is 15.5. The average molecular weight is 379 g/mol. The standard InChI is InChI=1S/C18H23ClN4O3/c1-13-17(22-23(21-13)15-6-2-5-14(19)11-15)18(24)20-8-4-9-25-12-16-7-3-10-26-16/h2,5-6,11,16H,3-4,7-10,12H2,1H3,(H,20,24). The molecule has 0 saturated carbocycles. The highest BCUT2D eigenvalue weighted by atomic mass is 35.5. The molecular formula is C18H23ClN4O3. The molecule has 0 bridgehead atoms. The number of rotatable bonds is 8. The number of nitrogens with one attached hydrogen (secondary N) is 1. The summed E-state index contributed by atoms with van der Waals surface area (Å²) in [5.41, 5.74) is 1.59. The lowest BCUT2D eigenvalue weighted by Gasteiger charge is -2.10. The first-order valence-electron chi connectivity index (χ1n) is 8.81. The number of aromatic nitrogens is 3. The van der Waals surface area contributed by atoms with E-state index in [9.17, 15) is 4.79 Å². The van der Waals surface area contributed by atoms with E-state index in [1.165, 1.54) is 4.80 Å². The SMILES string of the molecule is Cc1nn(-c2cccc(Cl)c2)nc1C(=O)NCCCOCC1CCCO1. The van der Waals surface area contributed by atoms with Gasteiger partial charge in [-0.25, -0.2) is 0 Å². The Labute approximate surface area is 157 Å². The lowest BCUT2D eigenvalue weighted by molar-refractivity contribution is 0.0166. The van der Waals surface area contributed by atoms with Crippen molar-refractivity contribution in [2.45, 2.75) is 32.3 Å². The van der Waals surface area contributed by atoms with Crippen molar-refractivity contribution in [3.05, 3.63) is 40.7 Å². The van der Waals surface area contributed by atoms with Crippen molar-refractivity contribution in [3.63, 3.8) is 0 Å². The van der Waals surface area contributed by atoms with Gasteiger partial charge in [-0.15, -0.1) is 5.10 Å². The molecule has 1 amide bonds. The molecule has 26 heavy (non-hydrogen) atoms. The summed E-state index contributed by atoms with van der Waals surface area (Å²) in [7, 11) is 0. The third-order valence-corrected chi connectivity index (χ3v) is 4.35. The molecule has 0 aliphatic carbocycles. The zero-order chi connectivity index (χ0) is 18.4. The van der Waals surface area contributed by atoms with Crippen LogP contribution in [0.1, 0.15) is 35.4 Å². The molecule has 1 N–H and O–H groups in total. The monoisotopic (exact) mass is 378 g/mol. The summed E-state index contributed by atoms with van der Waals surface area (Å²) >= 11 is 5.99. The Kier molecular flexibility index (Phi) is 6.60. The Bertz CT molecular complexity index is 744. The molecule has 1 saturated heterocycles. The van der Waals surface area contributed by atoms with Crippen molar-refractivity contribution < 1.29 is 14.3 Å². The molecule has 7 nitrogen and oxygen atoms in total. The maximum absolute atomic E-state index is 12.3. The molecule has 1 fully saturated rings. The fourth-order valence-electron chi connectivity index (χ4n) is 2.76. The minimum Gasteiger partial charge on any atom is -0.379 e. The van der Waals surface area contributed by atoms with Gasteiger partial charge in [-0.3, -0.25) is 4.79 Å². The summed E-state index contributed by atoms with van der Waals surface area (Å²) in [6, 6.07) is 7.16. The summed E-state index contributed by atoms with van der Waals surface area (Å²) in [5.74, 6) is -0.241. The van der Waals surface area contributed by atoms with Crippen molar-refractivity contribution in [1.82, 2.24) is 20.3 Å². The van der Waals surface area contributed by atoms with Gasteiger partial charge in [-0.2, -0.15) is 9.90 Å². The number of halogens is 1. The molecule has 1 aliphatic rings. The third-order valence-electron chi connectivity index (χ3n) is 4.12. The van der Waals surface area contributed by atoms with Gasteiger partial charge in [0.15, 0.2) is 5.69 Å². The van der Waals surface area contributed by atoms with E-state index in [4.69, 9.17) is 21.1 Å². The van der Waals surface area contributed by atoms with Crippen LogP contribution in [0.25, 0.3) is 5.69 Å². The van der Waals surface area contributed by atoms with Crippen LogP contribution >= 0.6 is 11.6 Å². The predicted octanol–water partition coefficient (Wildman–Crippen LogP) is 2.54. The van der Waals surface area contributed by atoms with E-state index >= 15 is 0 Å². The third kappa shape index (κ3) is 5.03. The van der Waals surface area contributed by atoms with E-state index in [0.717, 1.165) is 25.9 Å². The van der Waals surface area contributed by atoms with Crippen LogP contribution in [-0.4, -0.2) is 53.4 Å². The van der Waals surface area contributed by atoms with Crippen LogP contribution in [0.3, 0.4) is 0 Å². The summed E-state index contributed by atoms with van der Waals surface area (Å²) < 4.78 is 11.1. The van der Waals surface area contributed by atoms with Gasteiger partial charge in [0, 0.05) is 24.8 Å². The van der Waals surface area contributed by atoms with Crippen LogP contribution in [0, 0.1) is 6.92 Å². The van der Waals surface area contributed by atoms with E-state index < -0.39 is 0 Å². The second-order valence-corrected chi connectivity index (χ2v) is 6.66. The summed E-state index contributed by atoms with van der Waals surface area (Å²) in [5, 5.41) is 12.0. The smallest absolute Gasteiger partial charge is 0.273 e. The average Bonchev–Trinajstić information content (AvgIpc) is 3.27. The Morgan fingerprint density at radius 1 is 1.46 bits per heavy atom. The summed E-state index contributed by atoms with van der Waals surface area (Å²) in [4.78, 5) is 13.7. The number of benzene rings is 1. The van der Waals surface area contributed by atoms with E-state index in [1.54, 1.807) is 19.1 Å². The summed E-state index contributed by atoms with van der Waals surface area (Å²) in [6.45, 7) is 4.33. The van der Waals surface area contributed by atoms with Gasteiger partial charge in [-0.05, 0) is 44.4 Å². The number of aryl methyl sites for hydroxylation is 1. The number of amides is 1. The number of hydrogen-bond donors (Lipinski definition) is 1. The van der Waals surface area contributed by atoms with Crippen LogP contribution in [0.5, 0.6) is 0 Å². The Morgan fingerprint density at radius 2 is 2.35 bits per heavy atom. The maximum atomic E-state index is 12.3. The molecular weight excluding hydrogens is 356 g/mol. The number of nitrogens with zero attached hydrogens (tertiary/aromatic N) is 3. The fourth-order valence-corrected chi connectivity index (χ4v) is 2.94. The highest BCUT2D eigenvalue weighted by molar-refractivity contribution is 6.30. The molecule has 0 spiro atoms. The lowest BCUT2D eigenvalue weighted by Crippen LogP contribution is -2.26.